The number of nitrogens with zero attached hydrogens (tertiary/aromatic N) is 3. The van der Waals surface area contributed by atoms with Gasteiger partial charge in [-0.3, -0.25) is 10.1 Å². The Morgan fingerprint density at radius 1 is 1.44 bits per heavy atom. The Morgan fingerprint density at radius 3 is 2.83 bits per heavy atom. The van der Waals surface area contributed by atoms with Crippen LogP contribution in [0.25, 0.3) is 0 Å². The van der Waals surface area contributed by atoms with Crippen molar-refractivity contribution in [2.45, 2.75) is 20.4 Å². The molecule has 0 aliphatic carbocycles. The lowest BCUT2D eigenvalue weighted by atomic mass is 10.1. The molecule has 0 saturated carbocycles. The van der Waals surface area contributed by atoms with Crippen LogP contribution < -0.4 is 5.32 Å². The molecule has 0 aliphatic rings. The molecule has 18 heavy (non-hydrogen) atoms. The molecular formula is C11H12N4O3. The monoisotopic (exact) mass is 248 g/mol. The molecule has 0 aliphatic heterocycles. The SMILES string of the molecule is Cc1noc(CNc2cccc(C)c2[N+](=O)[O-])n1. The number of hydrogen-bond acceptors (Lipinski definition) is 6. The highest BCUT2D eigenvalue weighted by Crippen LogP contribution is 2.28. The van der Waals surface area contributed by atoms with Crippen LogP contribution in [0.3, 0.4) is 0 Å². The molecule has 0 saturated heterocycles. The molecule has 0 bridgehead atoms. The number of nitro benzene ring substituents is 1. The van der Waals surface area contributed by atoms with Gasteiger partial charge in [-0.25, -0.2) is 0 Å². The number of benzene rings is 1. The third-order valence-electron chi connectivity index (χ3n) is 2.42. The van der Waals surface area contributed by atoms with Crippen LogP contribution in [-0.4, -0.2) is 15.1 Å². The average Bonchev–Trinajstić information content (AvgIpc) is 2.72. The van der Waals surface area contributed by atoms with Gasteiger partial charge < -0.3 is 9.84 Å². The summed E-state index contributed by atoms with van der Waals surface area (Å²) in [5, 5.41) is 17.5. The summed E-state index contributed by atoms with van der Waals surface area (Å²) in [6.07, 6.45) is 0. The van der Waals surface area contributed by atoms with Crippen LogP contribution in [0.1, 0.15) is 17.3 Å². The minimum Gasteiger partial charge on any atom is -0.371 e. The Morgan fingerprint density at radius 2 is 2.22 bits per heavy atom. The van der Waals surface area contributed by atoms with Gasteiger partial charge >= 0.3 is 0 Å². The summed E-state index contributed by atoms with van der Waals surface area (Å²) in [4.78, 5) is 14.6. The standard InChI is InChI=1S/C11H12N4O3/c1-7-4-3-5-9(11(7)15(16)17)12-6-10-13-8(2)14-18-10/h3-5,12H,6H2,1-2H3. The van der Waals surface area contributed by atoms with Crippen molar-refractivity contribution >= 4 is 11.4 Å². The van der Waals surface area contributed by atoms with Crippen molar-refractivity contribution < 1.29 is 9.45 Å². The summed E-state index contributed by atoms with van der Waals surface area (Å²) in [7, 11) is 0. The lowest BCUT2D eigenvalue weighted by Gasteiger charge is -2.06. The van der Waals surface area contributed by atoms with Gasteiger partial charge in [0.1, 0.15) is 5.69 Å². The van der Waals surface area contributed by atoms with E-state index in [1.54, 1.807) is 32.0 Å². The van der Waals surface area contributed by atoms with Crippen molar-refractivity contribution in [2.24, 2.45) is 0 Å². The lowest BCUT2D eigenvalue weighted by Crippen LogP contribution is -2.04. The van der Waals surface area contributed by atoms with Crippen LogP contribution in [0.2, 0.25) is 0 Å². The summed E-state index contributed by atoms with van der Waals surface area (Å²) in [6, 6.07) is 5.10. The summed E-state index contributed by atoms with van der Waals surface area (Å²) >= 11 is 0. The van der Waals surface area contributed by atoms with Crippen molar-refractivity contribution in [3.63, 3.8) is 0 Å². The first-order valence-electron chi connectivity index (χ1n) is 5.35. The minimum atomic E-state index is -0.406. The molecule has 0 amide bonds. The highest BCUT2D eigenvalue weighted by atomic mass is 16.6. The molecule has 2 rings (SSSR count). The molecule has 0 radical (unpaired) electrons. The molecule has 7 heteroatoms. The maximum atomic E-state index is 11.0. The first kappa shape index (κ1) is 12.0. The van der Waals surface area contributed by atoms with Crippen molar-refractivity contribution in [3.05, 3.63) is 45.6 Å². The highest BCUT2D eigenvalue weighted by Gasteiger charge is 2.16. The molecule has 1 heterocycles. The molecule has 1 N–H and O–H groups in total. The van der Waals surface area contributed by atoms with Gasteiger partial charge in [-0.05, 0) is 19.9 Å². The number of para-hydroxylation sites is 1. The molecule has 0 unspecified atom stereocenters. The average molecular weight is 248 g/mol. The predicted octanol–water partition coefficient (Wildman–Crippen LogP) is 2.21. The van der Waals surface area contributed by atoms with Crippen LogP contribution in [0.4, 0.5) is 11.4 Å². The van der Waals surface area contributed by atoms with E-state index in [0.29, 0.717) is 23.0 Å². The van der Waals surface area contributed by atoms with E-state index >= 15 is 0 Å². The maximum absolute atomic E-state index is 11.0. The zero-order chi connectivity index (χ0) is 13.1. The Balaban J connectivity index is 2.19. The zero-order valence-corrected chi connectivity index (χ0v) is 10.0. The number of hydrogen-bond donors (Lipinski definition) is 1. The van der Waals surface area contributed by atoms with Gasteiger partial charge in [0.2, 0.25) is 5.89 Å². The predicted molar refractivity (Wildman–Crippen MR) is 64.2 cm³/mol. The molecular weight excluding hydrogens is 236 g/mol. The Kier molecular flexibility index (Phi) is 3.22. The van der Waals surface area contributed by atoms with E-state index < -0.39 is 4.92 Å². The highest BCUT2D eigenvalue weighted by molar-refractivity contribution is 5.64. The van der Waals surface area contributed by atoms with Crippen LogP contribution in [0.15, 0.2) is 22.7 Å². The molecule has 0 fully saturated rings. The van der Waals surface area contributed by atoms with Gasteiger partial charge in [0, 0.05) is 5.56 Å². The van der Waals surface area contributed by atoms with Gasteiger partial charge in [-0.2, -0.15) is 4.98 Å². The molecule has 1 aromatic heterocycles. The molecule has 7 nitrogen and oxygen atoms in total. The van der Waals surface area contributed by atoms with Crippen LogP contribution in [0.5, 0.6) is 0 Å². The summed E-state index contributed by atoms with van der Waals surface area (Å²) in [5.41, 5.74) is 1.11. The van der Waals surface area contributed by atoms with E-state index in [-0.39, 0.29) is 12.2 Å². The summed E-state index contributed by atoms with van der Waals surface area (Å²) in [6.45, 7) is 3.66. The minimum absolute atomic E-state index is 0.0636. The number of anilines is 1. The fourth-order valence-electron chi connectivity index (χ4n) is 1.63. The smallest absolute Gasteiger partial charge is 0.295 e. The summed E-state index contributed by atoms with van der Waals surface area (Å²) < 4.78 is 4.92. The molecule has 0 atom stereocenters. The molecule has 1 aromatic carbocycles. The zero-order valence-electron chi connectivity index (χ0n) is 10.0. The topological polar surface area (TPSA) is 94.1 Å². The van der Waals surface area contributed by atoms with Crippen molar-refractivity contribution in [1.82, 2.24) is 10.1 Å². The van der Waals surface area contributed by atoms with E-state index in [9.17, 15) is 10.1 Å². The van der Waals surface area contributed by atoms with Gasteiger partial charge in [0.25, 0.3) is 5.69 Å². The quantitative estimate of drug-likeness (QED) is 0.658. The maximum Gasteiger partial charge on any atom is 0.295 e. The normalized spacial score (nSPS) is 10.3. The number of nitrogens with one attached hydrogen (secondary N) is 1. The van der Waals surface area contributed by atoms with E-state index in [4.69, 9.17) is 4.52 Å². The Bertz CT molecular complexity index is 579. The van der Waals surface area contributed by atoms with Crippen LogP contribution >= 0.6 is 0 Å². The van der Waals surface area contributed by atoms with Crippen LogP contribution in [0, 0.1) is 24.0 Å². The van der Waals surface area contributed by atoms with Gasteiger partial charge in [0.15, 0.2) is 5.82 Å². The first-order valence-corrected chi connectivity index (χ1v) is 5.35. The van der Waals surface area contributed by atoms with Crippen LogP contribution in [-0.2, 0) is 6.54 Å². The van der Waals surface area contributed by atoms with E-state index in [0.717, 1.165) is 0 Å². The second kappa shape index (κ2) is 4.82. The molecule has 94 valence electrons. The third kappa shape index (κ3) is 2.45. The number of aromatic nitrogens is 2. The van der Waals surface area contributed by atoms with Crippen molar-refractivity contribution in [2.75, 3.05) is 5.32 Å². The van der Waals surface area contributed by atoms with Gasteiger partial charge in [-0.15, -0.1) is 0 Å². The lowest BCUT2D eigenvalue weighted by molar-refractivity contribution is -0.384. The first-order chi connectivity index (χ1) is 8.58. The van der Waals surface area contributed by atoms with E-state index in [1.807, 2.05) is 0 Å². The second-order valence-electron chi connectivity index (χ2n) is 3.82. The molecule has 0 spiro atoms. The Hall–Kier alpha value is -2.44. The van der Waals surface area contributed by atoms with Crippen molar-refractivity contribution in [3.8, 4) is 0 Å². The second-order valence-corrected chi connectivity index (χ2v) is 3.82. The summed E-state index contributed by atoms with van der Waals surface area (Å²) in [5.74, 6) is 0.925. The third-order valence-corrected chi connectivity index (χ3v) is 2.42. The fourth-order valence-corrected chi connectivity index (χ4v) is 1.63. The van der Waals surface area contributed by atoms with Crippen molar-refractivity contribution in [1.29, 1.82) is 0 Å². The number of aryl methyl sites for hydroxylation is 2. The number of nitro groups is 1. The van der Waals surface area contributed by atoms with Gasteiger partial charge in [0.05, 0.1) is 11.5 Å². The van der Waals surface area contributed by atoms with Gasteiger partial charge in [-0.1, -0.05) is 17.3 Å². The number of rotatable bonds is 4. The Labute approximate surface area is 103 Å². The fraction of sp³-hybridized carbons (Fsp3) is 0.273. The van der Waals surface area contributed by atoms with E-state index in [1.165, 1.54) is 0 Å². The molecule has 2 aromatic rings. The van der Waals surface area contributed by atoms with E-state index in [2.05, 4.69) is 15.5 Å². The largest absolute Gasteiger partial charge is 0.371 e.